The predicted molar refractivity (Wildman–Crippen MR) is 39.7 cm³/mol. The Labute approximate surface area is 67.0 Å². The zero-order valence-corrected chi connectivity index (χ0v) is 6.10. The predicted octanol–water partition coefficient (Wildman–Crippen LogP) is 0.534. The Morgan fingerprint density at radius 1 is 1.82 bits per heavy atom. The molecule has 5 heteroatoms. The van der Waals surface area contributed by atoms with E-state index >= 15 is 0 Å². The summed E-state index contributed by atoms with van der Waals surface area (Å²) in [6.07, 6.45) is -0.599. The first-order chi connectivity index (χ1) is 5.16. The molecule has 3 nitrogen and oxygen atoms in total. The number of alkyl halides is 1. The van der Waals surface area contributed by atoms with Crippen LogP contribution in [0.15, 0.2) is 21.8 Å². The van der Waals surface area contributed by atoms with Crippen molar-refractivity contribution in [1.82, 2.24) is 0 Å². The van der Waals surface area contributed by atoms with Gasteiger partial charge >= 0.3 is 0 Å². The summed E-state index contributed by atoms with van der Waals surface area (Å²) in [5.41, 5.74) is 4.79. The van der Waals surface area contributed by atoms with Crippen LogP contribution in [0.2, 0.25) is 0 Å². The number of hydrogen-bond acceptors (Lipinski definition) is 3. The summed E-state index contributed by atoms with van der Waals surface area (Å²) < 4.78 is 12.8. The molecule has 1 aliphatic rings. The number of halogens is 2. The summed E-state index contributed by atoms with van der Waals surface area (Å²) in [6.45, 7) is 0. The zero-order chi connectivity index (χ0) is 8.43. The van der Waals surface area contributed by atoms with Crippen molar-refractivity contribution in [2.24, 2.45) is 10.7 Å². The third-order valence-electron chi connectivity index (χ3n) is 1.21. The quantitative estimate of drug-likeness (QED) is 0.545. The van der Waals surface area contributed by atoms with E-state index in [-0.39, 0.29) is 16.4 Å². The summed E-state index contributed by atoms with van der Waals surface area (Å²) in [5, 5.41) is -0.0540. The maximum Gasteiger partial charge on any atom is 0.194 e. The molecule has 0 amide bonds. The summed E-state index contributed by atoms with van der Waals surface area (Å²) >= 11 is 5.40. The van der Waals surface area contributed by atoms with Gasteiger partial charge in [-0.3, -0.25) is 0 Å². The molecule has 0 aromatic carbocycles. The molecule has 0 aliphatic carbocycles. The average molecular weight is 175 g/mol. The van der Waals surface area contributed by atoms with Crippen LogP contribution in [0.5, 0.6) is 0 Å². The van der Waals surface area contributed by atoms with Gasteiger partial charge in [0.15, 0.2) is 6.17 Å². The molecule has 1 aliphatic heterocycles. The van der Waals surface area contributed by atoms with Crippen molar-refractivity contribution in [3.63, 3.8) is 0 Å². The van der Waals surface area contributed by atoms with Crippen molar-refractivity contribution in [2.75, 3.05) is 0 Å². The lowest BCUT2D eigenvalue weighted by Gasteiger charge is -2.10. The summed E-state index contributed by atoms with van der Waals surface area (Å²) in [5.74, 6) is 1.09. The van der Waals surface area contributed by atoms with Gasteiger partial charge in [-0.25, -0.2) is 14.2 Å². The fourth-order valence-electron chi connectivity index (χ4n) is 0.636. The summed E-state index contributed by atoms with van der Waals surface area (Å²) in [4.78, 5) is 13.5. The van der Waals surface area contributed by atoms with Gasteiger partial charge < -0.3 is 5.73 Å². The molecule has 0 aromatic rings. The Balaban J connectivity index is 3.13. The Kier molecular flexibility index (Phi) is 2.08. The van der Waals surface area contributed by atoms with Crippen LogP contribution in [0.4, 0.5) is 4.39 Å². The second-order valence-corrected chi connectivity index (χ2v) is 2.32. The van der Waals surface area contributed by atoms with Gasteiger partial charge in [0.25, 0.3) is 0 Å². The molecule has 1 rings (SSSR count). The minimum absolute atomic E-state index is 0.0540. The molecular formula is C6H4ClFN2O. The van der Waals surface area contributed by atoms with E-state index in [1.165, 1.54) is 5.94 Å². The van der Waals surface area contributed by atoms with Gasteiger partial charge in [-0.1, -0.05) is 11.6 Å². The van der Waals surface area contributed by atoms with Gasteiger partial charge in [0.2, 0.25) is 0 Å². The van der Waals surface area contributed by atoms with Gasteiger partial charge in [0, 0.05) is 6.20 Å². The minimum atomic E-state index is -1.72. The molecule has 1 unspecified atom stereocenters. The van der Waals surface area contributed by atoms with Crippen LogP contribution in [0, 0.1) is 0 Å². The number of hydrogen-bond donors (Lipinski definition) is 1. The highest BCUT2D eigenvalue weighted by molar-refractivity contribution is 6.33. The lowest BCUT2D eigenvalue weighted by Crippen LogP contribution is -2.29. The van der Waals surface area contributed by atoms with Crippen molar-refractivity contribution in [2.45, 2.75) is 6.17 Å². The molecule has 0 bridgehead atoms. The monoisotopic (exact) mass is 174 g/mol. The Bertz CT molecular complexity index is 291. The summed E-state index contributed by atoms with van der Waals surface area (Å²) in [7, 11) is 0. The highest BCUT2D eigenvalue weighted by Gasteiger charge is 2.24. The van der Waals surface area contributed by atoms with E-state index in [1.807, 2.05) is 0 Å². The summed E-state index contributed by atoms with van der Waals surface area (Å²) in [6, 6.07) is 0. The van der Waals surface area contributed by atoms with Gasteiger partial charge in [-0.2, -0.15) is 0 Å². The van der Waals surface area contributed by atoms with Crippen molar-refractivity contribution < 1.29 is 9.18 Å². The van der Waals surface area contributed by atoms with Gasteiger partial charge in [0.1, 0.15) is 11.8 Å². The van der Waals surface area contributed by atoms with Crippen LogP contribution < -0.4 is 5.73 Å². The topological polar surface area (TPSA) is 55.4 Å². The molecule has 0 aromatic heterocycles. The number of nitrogens with two attached hydrogens (primary N) is 1. The molecular weight excluding hydrogens is 171 g/mol. The molecule has 0 saturated carbocycles. The van der Waals surface area contributed by atoms with Crippen molar-refractivity contribution in [3.05, 3.63) is 16.8 Å². The van der Waals surface area contributed by atoms with E-state index in [2.05, 4.69) is 4.99 Å². The standard InChI is InChI=1S/C6H4ClFN2O/c7-4-1-10-6(9)5(8)3(4)2-11/h1,5H,(H2,9,10). The number of allylic oxidation sites excluding steroid dienone is 1. The number of amidine groups is 1. The fraction of sp³-hybridized carbons (Fsp3) is 0.167. The third kappa shape index (κ3) is 1.31. The van der Waals surface area contributed by atoms with E-state index in [1.54, 1.807) is 0 Å². The molecule has 0 saturated heterocycles. The van der Waals surface area contributed by atoms with Gasteiger partial charge in [0.05, 0.1) is 10.6 Å². The van der Waals surface area contributed by atoms with Crippen LogP contribution >= 0.6 is 11.6 Å². The Morgan fingerprint density at radius 2 is 2.45 bits per heavy atom. The van der Waals surface area contributed by atoms with Crippen molar-refractivity contribution >= 4 is 23.4 Å². The molecule has 2 N–H and O–H groups in total. The lowest BCUT2D eigenvalue weighted by atomic mass is 10.1. The van der Waals surface area contributed by atoms with Crippen LogP contribution in [0.25, 0.3) is 0 Å². The maximum absolute atomic E-state index is 12.8. The second-order valence-electron chi connectivity index (χ2n) is 1.91. The lowest BCUT2D eigenvalue weighted by molar-refractivity contribution is 0.471. The molecule has 1 heterocycles. The first-order valence-corrected chi connectivity index (χ1v) is 3.13. The normalized spacial score (nSPS) is 23.8. The molecule has 0 fully saturated rings. The maximum atomic E-state index is 12.8. The molecule has 1 atom stereocenters. The van der Waals surface area contributed by atoms with Gasteiger partial charge in [-0.15, -0.1) is 0 Å². The minimum Gasteiger partial charge on any atom is -0.384 e. The number of nitrogens with zero attached hydrogens (tertiary/aromatic N) is 1. The van der Waals surface area contributed by atoms with E-state index in [0.29, 0.717) is 0 Å². The SMILES string of the molecule is NC1=NC=C(Cl)C(=C=O)C1F. The largest absolute Gasteiger partial charge is 0.384 e. The fourth-order valence-corrected chi connectivity index (χ4v) is 0.819. The molecule has 11 heavy (non-hydrogen) atoms. The van der Waals surface area contributed by atoms with E-state index in [9.17, 15) is 9.18 Å². The number of rotatable bonds is 0. The van der Waals surface area contributed by atoms with E-state index in [4.69, 9.17) is 17.3 Å². The molecule has 0 radical (unpaired) electrons. The van der Waals surface area contributed by atoms with Gasteiger partial charge in [-0.05, 0) is 0 Å². The van der Waals surface area contributed by atoms with E-state index < -0.39 is 6.17 Å². The smallest absolute Gasteiger partial charge is 0.194 e. The molecule has 0 spiro atoms. The Hall–Kier alpha value is -1.12. The first-order valence-electron chi connectivity index (χ1n) is 2.75. The number of carbonyl (C=O) groups excluding carboxylic acids is 1. The second kappa shape index (κ2) is 2.86. The van der Waals surface area contributed by atoms with Crippen LogP contribution in [0.1, 0.15) is 0 Å². The number of aliphatic imine (C=N–C) groups is 1. The van der Waals surface area contributed by atoms with Crippen LogP contribution in [0.3, 0.4) is 0 Å². The third-order valence-corrected chi connectivity index (χ3v) is 1.51. The van der Waals surface area contributed by atoms with Crippen LogP contribution in [-0.2, 0) is 4.79 Å². The first kappa shape index (κ1) is 7.98. The zero-order valence-electron chi connectivity index (χ0n) is 5.34. The highest BCUT2D eigenvalue weighted by Crippen LogP contribution is 2.21. The van der Waals surface area contributed by atoms with E-state index in [0.717, 1.165) is 6.20 Å². The Morgan fingerprint density at radius 3 is 2.91 bits per heavy atom. The molecule has 58 valence electrons. The highest BCUT2D eigenvalue weighted by atomic mass is 35.5. The average Bonchev–Trinajstić information content (AvgIpc) is 1.99. The van der Waals surface area contributed by atoms with Crippen molar-refractivity contribution in [3.8, 4) is 0 Å². The van der Waals surface area contributed by atoms with Crippen molar-refractivity contribution in [1.29, 1.82) is 0 Å². The van der Waals surface area contributed by atoms with Crippen LogP contribution in [-0.4, -0.2) is 17.9 Å².